The second-order valence-corrected chi connectivity index (χ2v) is 3.87. The first-order chi connectivity index (χ1) is 6.13. The molecule has 0 aromatic rings. The van der Waals surface area contributed by atoms with Crippen LogP contribution in [0.4, 0.5) is 0 Å². The van der Waals surface area contributed by atoms with Gasteiger partial charge in [0.1, 0.15) is 0 Å². The number of rotatable bonds is 0. The van der Waals surface area contributed by atoms with Crippen LogP contribution in [0.5, 0.6) is 0 Å². The first kappa shape index (κ1) is 8.30. The van der Waals surface area contributed by atoms with Gasteiger partial charge in [-0.2, -0.15) is 0 Å². The molecule has 2 heteroatoms. The van der Waals surface area contributed by atoms with Crippen LogP contribution in [0.2, 0.25) is 0 Å². The number of ketones is 1. The van der Waals surface area contributed by atoms with Gasteiger partial charge in [-0.05, 0) is 19.9 Å². The second kappa shape index (κ2) is 2.59. The Morgan fingerprint density at radius 3 is 3.00 bits per heavy atom. The number of fused-ring (bicyclic) bond motifs is 1. The van der Waals surface area contributed by atoms with E-state index in [1.165, 1.54) is 5.57 Å². The average Bonchev–Trinajstić information content (AvgIpc) is 2.09. The minimum Gasteiger partial charge on any atom is -0.383 e. The van der Waals surface area contributed by atoms with Crippen molar-refractivity contribution in [3.8, 4) is 0 Å². The van der Waals surface area contributed by atoms with E-state index < -0.39 is 0 Å². The van der Waals surface area contributed by atoms with E-state index in [2.05, 4.69) is 11.4 Å². The Kier molecular flexibility index (Phi) is 1.65. The van der Waals surface area contributed by atoms with Crippen LogP contribution in [0.1, 0.15) is 13.8 Å². The molecule has 0 aromatic carbocycles. The third-order valence-electron chi connectivity index (χ3n) is 2.81. The lowest BCUT2D eigenvalue weighted by molar-refractivity contribution is -0.122. The molecule has 0 amide bonds. The summed E-state index contributed by atoms with van der Waals surface area (Å²) in [5.74, 6) is 0.177. The van der Waals surface area contributed by atoms with Crippen molar-refractivity contribution in [3.05, 3.63) is 36.1 Å². The quantitative estimate of drug-likeness (QED) is 0.605. The molecule has 0 bridgehead atoms. The number of carbonyl (C=O) groups is 1. The van der Waals surface area contributed by atoms with Gasteiger partial charge >= 0.3 is 0 Å². The molecule has 1 N–H and O–H groups in total. The van der Waals surface area contributed by atoms with Crippen LogP contribution in [0.25, 0.3) is 0 Å². The van der Waals surface area contributed by atoms with Crippen molar-refractivity contribution in [1.82, 2.24) is 5.32 Å². The summed E-state index contributed by atoms with van der Waals surface area (Å²) in [7, 11) is 0. The van der Waals surface area contributed by atoms with Gasteiger partial charge in [0.2, 0.25) is 0 Å². The van der Waals surface area contributed by atoms with Gasteiger partial charge < -0.3 is 5.32 Å². The zero-order chi connectivity index (χ0) is 9.47. The molecule has 2 nitrogen and oxygen atoms in total. The van der Waals surface area contributed by atoms with E-state index in [0.717, 1.165) is 0 Å². The molecule has 0 saturated heterocycles. The van der Waals surface area contributed by atoms with Gasteiger partial charge in [-0.3, -0.25) is 4.79 Å². The molecule has 1 aliphatic heterocycles. The maximum Gasteiger partial charge on any atom is 0.169 e. The van der Waals surface area contributed by atoms with Crippen LogP contribution in [-0.4, -0.2) is 11.8 Å². The molecule has 0 radical (unpaired) electrons. The number of carbonyl (C=O) groups excluding carboxylic acids is 1. The fraction of sp³-hybridized carbons (Fsp3) is 0.364. The molecule has 1 heterocycles. The van der Waals surface area contributed by atoms with Crippen molar-refractivity contribution in [2.45, 2.75) is 19.9 Å². The predicted molar refractivity (Wildman–Crippen MR) is 52.1 cm³/mol. The first-order valence-electron chi connectivity index (χ1n) is 4.47. The van der Waals surface area contributed by atoms with Crippen molar-refractivity contribution >= 4 is 5.78 Å². The van der Waals surface area contributed by atoms with Crippen molar-refractivity contribution < 1.29 is 4.79 Å². The topological polar surface area (TPSA) is 29.1 Å². The molecule has 2 atom stereocenters. The van der Waals surface area contributed by atoms with Crippen LogP contribution < -0.4 is 5.32 Å². The number of hydrogen-bond donors (Lipinski definition) is 1. The zero-order valence-corrected chi connectivity index (χ0v) is 7.87. The number of hydrogen-bond acceptors (Lipinski definition) is 2. The van der Waals surface area contributed by atoms with E-state index in [4.69, 9.17) is 0 Å². The molecule has 0 saturated carbocycles. The Balaban J connectivity index is 2.44. The molecular weight excluding hydrogens is 162 g/mol. The highest BCUT2D eigenvalue weighted by molar-refractivity contribution is 5.98. The maximum absolute atomic E-state index is 11.6. The van der Waals surface area contributed by atoms with Gasteiger partial charge in [0.15, 0.2) is 5.78 Å². The van der Waals surface area contributed by atoms with Crippen molar-refractivity contribution in [3.63, 3.8) is 0 Å². The van der Waals surface area contributed by atoms with Gasteiger partial charge in [-0.1, -0.05) is 23.8 Å². The summed E-state index contributed by atoms with van der Waals surface area (Å²) >= 11 is 0. The lowest BCUT2D eigenvalue weighted by Gasteiger charge is -2.36. The van der Waals surface area contributed by atoms with E-state index in [9.17, 15) is 4.79 Å². The molecule has 0 aromatic heterocycles. The molecule has 2 rings (SSSR count). The maximum atomic E-state index is 11.6. The molecule has 68 valence electrons. The fourth-order valence-electron chi connectivity index (χ4n) is 1.76. The van der Waals surface area contributed by atoms with Crippen LogP contribution in [-0.2, 0) is 4.79 Å². The molecule has 1 aliphatic carbocycles. The molecule has 0 fully saturated rings. The largest absolute Gasteiger partial charge is 0.383 e. The third-order valence-corrected chi connectivity index (χ3v) is 2.81. The van der Waals surface area contributed by atoms with Crippen molar-refractivity contribution in [1.29, 1.82) is 0 Å². The molecule has 0 spiro atoms. The van der Waals surface area contributed by atoms with Crippen LogP contribution in [0, 0.1) is 5.41 Å². The smallest absolute Gasteiger partial charge is 0.169 e. The lowest BCUT2D eigenvalue weighted by atomic mass is 9.73. The van der Waals surface area contributed by atoms with E-state index in [0.29, 0.717) is 0 Å². The van der Waals surface area contributed by atoms with Crippen LogP contribution in [0.3, 0.4) is 0 Å². The van der Waals surface area contributed by atoms with E-state index in [-0.39, 0.29) is 17.2 Å². The molecule has 13 heavy (non-hydrogen) atoms. The van der Waals surface area contributed by atoms with Gasteiger partial charge in [-0.25, -0.2) is 0 Å². The number of nitrogens with one attached hydrogen (secondary N) is 1. The van der Waals surface area contributed by atoms with Gasteiger partial charge in [0.05, 0.1) is 11.5 Å². The Labute approximate surface area is 78.0 Å². The SMILES string of the molecule is CC1=CC2NC=CC(=O)C2(C)C=C1. The lowest BCUT2D eigenvalue weighted by Crippen LogP contribution is -2.47. The monoisotopic (exact) mass is 175 g/mol. The predicted octanol–water partition coefficient (Wildman–Crippen LogP) is 1.56. The van der Waals surface area contributed by atoms with Crippen molar-refractivity contribution in [2.24, 2.45) is 5.41 Å². The van der Waals surface area contributed by atoms with E-state index in [1.807, 2.05) is 26.0 Å². The first-order valence-corrected chi connectivity index (χ1v) is 4.47. The summed E-state index contributed by atoms with van der Waals surface area (Å²) in [6, 6.07) is 0.120. The second-order valence-electron chi connectivity index (χ2n) is 3.87. The van der Waals surface area contributed by atoms with E-state index >= 15 is 0 Å². The van der Waals surface area contributed by atoms with Gasteiger partial charge in [0.25, 0.3) is 0 Å². The minimum absolute atomic E-state index is 0.120. The fourth-order valence-corrected chi connectivity index (χ4v) is 1.76. The minimum atomic E-state index is -0.381. The van der Waals surface area contributed by atoms with Crippen LogP contribution >= 0.6 is 0 Å². The highest BCUT2D eigenvalue weighted by Gasteiger charge is 2.39. The molecule has 2 unspecified atom stereocenters. The summed E-state index contributed by atoms with van der Waals surface area (Å²) in [4.78, 5) is 11.6. The normalized spacial score (nSPS) is 36.6. The van der Waals surface area contributed by atoms with E-state index in [1.54, 1.807) is 12.3 Å². The Hall–Kier alpha value is -1.31. The van der Waals surface area contributed by atoms with Gasteiger partial charge in [0, 0.05) is 6.20 Å². The van der Waals surface area contributed by atoms with Gasteiger partial charge in [-0.15, -0.1) is 0 Å². The summed E-state index contributed by atoms with van der Waals surface area (Å²) in [6.45, 7) is 4.01. The molecular formula is C11H13NO. The average molecular weight is 175 g/mol. The summed E-state index contributed by atoms with van der Waals surface area (Å²) in [6.07, 6.45) is 9.44. The highest BCUT2D eigenvalue weighted by atomic mass is 16.1. The third kappa shape index (κ3) is 1.13. The summed E-state index contributed by atoms with van der Waals surface area (Å²) in [5.41, 5.74) is 0.826. The summed E-state index contributed by atoms with van der Waals surface area (Å²) < 4.78 is 0. The summed E-state index contributed by atoms with van der Waals surface area (Å²) in [5, 5.41) is 3.19. The standard InChI is InChI=1S/C11H13NO/c1-8-3-5-11(2)9(7-8)12-6-4-10(11)13/h3-7,9,12H,1-2H3. The van der Waals surface area contributed by atoms with Crippen LogP contribution in [0.15, 0.2) is 36.1 Å². The Bertz CT molecular complexity index is 338. The Morgan fingerprint density at radius 1 is 1.46 bits per heavy atom. The zero-order valence-electron chi connectivity index (χ0n) is 7.87. The highest BCUT2D eigenvalue weighted by Crippen LogP contribution is 2.32. The Morgan fingerprint density at radius 2 is 2.23 bits per heavy atom. The molecule has 2 aliphatic rings. The van der Waals surface area contributed by atoms with Crippen molar-refractivity contribution in [2.75, 3.05) is 0 Å². The number of allylic oxidation sites excluding steroid dienone is 3.